The molecule has 2 aromatic rings. The summed E-state index contributed by atoms with van der Waals surface area (Å²) in [6.45, 7) is 1.96. The average Bonchev–Trinajstić information content (AvgIpc) is 2.66. The zero-order valence-electron chi connectivity index (χ0n) is 14.7. The Kier molecular flexibility index (Phi) is 7.05. The number of nitro groups is 1. The quantitative estimate of drug-likeness (QED) is 0.432. The normalized spacial score (nSPS) is 11.2. The number of carbonyl (C=O) groups is 3. The fraction of sp³-hybridized carbons (Fsp3) is 0.167. The number of hydrogen-bond donors (Lipinski definition) is 2. The largest absolute Gasteiger partial charge is 0.444 e. The van der Waals surface area contributed by atoms with Crippen molar-refractivity contribution in [2.75, 3.05) is 6.54 Å². The molecule has 10 heteroatoms. The van der Waals surface area contributed by atoms with E-state index in [0.717, 1.165) is 12.1 Å². The van der Waals surface area contributed by atoms with Gasteiger partial charge >= 0.3 is 12.0 Å². The number of urea groups is 1. The van der Waals surface area contributed by atoms with Crippen LogP contribution in [-0.2, 0) is 9.53 Å². The second-order valence-corrected chi connectivity index (χ2v) is 5.87. The Balaban J connectivity index is 2.31. The number of benzene rings is 2. The fourth-order valence-electron chi connectivity index (χ4n) is 2.24. The molecular weight excluding hydrogens is 390 g/mol. The van der Waals surface area contributed by atoms with Crippen LogP contribution in [0.5, 0.6) is 0 Å². The molecule has 0 aliphatic rings. The van der Waals surface area contributed by atoms with E-state index in [1.165, 1.54) is 18.2 Å². The van der Waals surface area contributed by atoms with E-state index in [9.17, 15) is 24.5 Å². The molecule has 146 valence electrons. The minimum atomic E-state index is -1.47. The smallest absolute Gasteiger partial charge is 0.341 e. The molecule has 2 aromatic carbocycles. The lowest BCUT2D eigenvalue weighted by Crippen LogP contribution is -2.42. The molecule has 0 fully saturated rings. The van der Waals surface area contributed by atoms with E-state index in [2.05, 4.69) is 10.6 Å². The Labute approximate surface area is 164 Å². The molecule has 0 aromatic heterocycles. The Morgan fingerprint density at radius 2 is 1.86 bits per heavy atom. The third-order valence-electron chi connectivity index (χ3n) is 3.52. The molecule has 0 radical (unpaired) electrons. The van der Waals surface area contributed by atoms with Gasteiger partial charge in [-0.2, -0.15) is 0 Å². The first-order valence-corrected chi connectivity index (χ1v) is 8.49. The van der Waals surface area contributed by atoms with Crippen molar-refractivity contribution in [2.24, 2.45) is 0 Å². The van der Waals surface area contributed by atoms with Crippen LogP contribution >= 0.6 is 11.6 Å². The van der Waals surface area contributed by atoms with Crippen LogP contribution in [0.3, 0.4) is 0 Å². The van der Waals surface area contributed by atoms with Crippen LogP contribution in [0.2, 0.25) is 5.02 Å². The van der Waals surface area contributed by atoms with E-state index in [1.807, 2.05) is 0 Å². The monoisotopic (exact) mass is 405 g/mol. The molecule has 0 aliphatic carbocycles. The zero-order valence-corrected chi connectivity index (χ0v) is 15.4. The van der Waals surface area contributed by atoms with E-state index in [0.29, 0.717) is 5.56 Å². The van der Waals surface area contributed by atoms with E-state index >= 15 is 0 Å². The third kappa shape index (κ3) is 5.27. The van der Waals surface area contributed by atoms with Crippen molar-refractivity contribution in [3.05, 3.63) is 74.8 Å². The second kappa shape index (κ2) is 9.47. The third-order valence-corrected chi connectivity index (χ3v) is 3.85. The van der Waals surface area contributed by atoms with Crippen LogP contribution in [0.15, 0.2) is 48.5 Å². The van der Waals surface area contributed by atoms with E-state index in [1.54, 1.807) is 25.1 Å². The summed E-state index contributed by atoms with van der Waals surface area (Å²) in [7, 11) is 0. The first-order valence-electron chi connectivity index (χ1n) is 8.12. The number of ether oxygens (including phenoxy) is 1. The molecule has 3 amide bonds. The van der Waals surface area contributed by atoms with Crippen molar-refractivity contribution < 1.29 is 24.0 Å². The predicted molar refractivity (Wildman–Crippen MR) is 99.9 cm³/mol. The van der Waals surface area contributed by atoms with E-state index in [-0.39, 0.29) is 22.8 Å². The van der Waals surface area contributed by atoms with Gasteiger partial charge in [0.25, 0.3) is 11.6 Å². The predicted octanol–water partition coefficient (Wildman–Crippen LogP) is 2.99. The van der Waals surface area contributed by atoms with Gasteiger partial charge in [-0.3, -0.25) is 20.2 Å². The van der Waals surface area contributed by atoms with Gasteiger partial charge in [0.05, 0.1) is 15.5 Å². The highest BCUT2D eigenvalue weighted by Gasteiger charge is 2.28. The highest BCUT2D eigenvalue weighted by molar-refractivity contribution is 6.33. The van der Waals surface area contributed by atoms with E-state index in [4.69, 9.17) is 16.3 Å². The van der Waals surface area contributed by atoms with Crippen LogP contribution in [0.25, 0.3) is 0 Å². The highest BCUT2D eigenvalue weighted by Crippen LogP contribution is 2.26. The van der Waals surface area contributed by atoms with Gasteiger partial charge in [-0.1, -0.05) is 41.9 Å². The molecular formula is C18H16ClN3O6. The number of esters is 1. The number of rotatable bonds is 6. The second-order valence-electron chi connectivity index (χ2n) is 5.47. The molecule has 28 heavy (non-hydrogen) atoms. The highest BCUT2D eigenvalue weighted by atomic mass is 35.5. The number of nitrogens with zero attached hydrogens (tertiary/aromatic N) is 1. The standard InChI is InChI=1S/C18H16ClN3O6/c1-2-20-18(25)21-16(23)15(11-6-4-3-5-7-11)28-17(24)13-10-12(22(26)27)8-9-14(13)19/h3-10,15H,2H2,1H3,(H2,20,21,23,25)/t15-/m0/s1. The van der Waals surface area contributed by atoms with Gasteiger partial charge < -0.3 is 10.1 Å². The Morgan fingerprint density at radius 3 is 2.46 bits per heavy atom. The summed E-state index contributed by atoms with van der Waals surface area (Å²) >= 11 is 5.94. The Morgan fingerprint density at radius 1 is 1.18 bits per heavy atom. The van der Waals surface area contributed by atoms with Gasteiger partial charge in [0, 0.05) is 24.2 Å². The van der Waals surface area contributed by atoms with Crippen molar-refractivity contribution in [3.8, 4) is 0 Å². The summed E-state index contributed by atoms with van der Waals surface area (Å²) < 4.78 is 5.24. The number of imide groups is 1. The topological polar surface area (TPSA) is 128 Å². The number of non-ortho nitro benzene ring substituents is 1. The summed E-state index contributed by atoms with van der Waals surface area (Å²) in [5.41, 5.74) is -0.332. The van der Waals surface area contributed by atoms with Crippen LogP contribution in [0, 0.1) is 10.1 Å². The average molecular weight is 406 g/mol. The molecule has 0 aliphatic heterocycles. The Hall–Kier alpha value is -3.46. The van der Waals surface area contributed by atoms with Gasteiger partial charge in [0.2, 0.25) is 6.10 Å². The van der Waals surface area contributed by atoms with Crippen LogP contribution in [0.1, 0.15) is 28.9 Å². The molecule has 2 N–H and O–H groups in total. The number of nitrogens with one attached hydrogen (secondary N) is 2. The fourth-order valence-corrected chi connectivity index (χ4v) is 2.43. The summed E-state index contributed by atoms with van der Waals surface area (Å²) in [4.78, 5) is 46.9. The van der Waals surface area contributed by atoms with Gasteiger partial charge in [0.15, 0.2) is 0 Å². The van der Waals surface area contributed by atoms with Gasteiger partial charge in [-0.25, -0.2) is 9.59 Å². The van der Waals surface area contributed by atoms with Gasteiger partial charge in [-0.15, -0.1) is 0 Å². The van der Waals surface area contributed by atoms with Crippen molar-refractivity contribution in [3.63, 3.8) is 0 Å². The summed E-state index contributed by atoms with van der Waals surface area (Å²) in [6, 6.07) is 10.5. The van der Waals surface area contributed by atoms with Crippen molar-refractivity contribution in [2.45, 2.75) is 13.0 Å². The summed E-state index contributed by atoms with van der Waals surface area (Å²) in [5.74, 6) is -1.93. The number of halogens is 1. The maximum absolute atomic E-state index is 12.5. The molecule has 0 saturated heterocycles. The minimum Gasteiger partial charge on any atom is -0.444 e. The minimum absolute atomic E-state index is 0.0773. The van der Waals surface area contributed by atoms with Crippen LogP contribution in [0.4, 0.5) is 10.5 Å². The number of amides is 3. The van der Waals surface area contributed by atoms with Gasteiger partial charge in [0.1, 0.15) is 0 Å². The maximum Gasteiger partial charge on any atom is 0.341 e. The number of carbonyl (C=O) groups excluding carboxylic acids is 3. The maximum atomic E-state index is 12.5. The first kappa shape index (κ1) is 20.8. The summed E-state index contributed by atoms with van der Waals surface area (Å²) in [6.07, 6.45) is -1.47. The molecule has 2 rings (SSSR count). The van der Waals surface area contributed by atoms with Crippen LogP contribution in [-0.4, -0.2) is 29.4 Å². The SMILES string of the molecule is CCNC(=O)NC(=O)[C@@H](OC(=O)c1cc([N+](=O)[O-])ccc1Cl)c1ccccc1. The number of hydrogen-bond acceptors (Lipinski definition) is 6. The lowest BCUT2D eigenvalue weighted by molar-refractivity contribution is -0.384. The molecule has 0 unspecified atom stereocenters. The van der Waals surface area contributed by atoms with Crippen LogP contribution < -0.4 is 10.6 Å². The molecule has 0 bridgehead atoms. The zero-order chi connectivity index (χ0) is 20.7. The van der Waals surface area contributed by atoms with Crippen molar-refractivity contribution in [1.29, 1.82) is 0 Å². The first-order chi connectivity index (χ1) is 13.3. The van der Waals surface area contributed by atoms with Crippen molar-refractivity contribution >= 4 is 35.2 Å². The molecule has 1 atom stereocenters. The summed E-state index contributed by atoms with van der Waals surface area (Å²) in [5, 5.41) is 15.3. The number of nitro benzene ring substituents is 1. The van der Waals surface area contributed by atoms with Crippen molar-refractivity contribution in [1.82, 2.24) is 10.6 Å². The lowest BCUT2D eigenvalue weighted by atomic mass is 10.1. The molecule has 9 nitrogen and oxygen atoms in total. The molecule has 0 spiro atoms. The molecule has 0 saturated carbocycles. The van der Waals surface area contributed by atoms with Gasteiger partial charge in [-0.05, 0) is 13.0 Å². The lowest BCUT2D eigenvalue weighted by Gasteiger charge is -2.18. The Bertz CT molecular complexity index is 903. The van der Waals surface area contributed by atoms with E-state index < -0.39 is 28.9 Å². The molecule has 0 heterocycles.